The SMILES string of the molecule is c1cnccnc2ccccc2[nH]ccnc1. The zero-order chi connectivity index (χ0) is 11.8. The minimum absolute atomic E-state index is 0.857. The molecule has 0 saturated carbocycles. The number of aromatic amines is 1. The average Bonchev–Trinajstić information content (AvgIpc) is 2.38. The molecule has 0 bridgehead atoms. The number of aromatic nitrogens is 4. The molecule has 0 atom stereocenters. The molecule has 0 radical (unpaired) electrons. The van der Waals surface area contributed by atoms with Gasteiger partial charge in [0.25, 0.3) is 0 Å². The van der Waals surface area contributed by atoms with Gasteiger partial charge >= 0.3 is 0 Å². The van der Waals surface area contributed by atoms with Gasteiger partial charge in [-0.05, 0) is 18.2 Å². The summed E-state index contributed by atoms with van der Waals surface area (Å²) >= 11 is 0. The van der Waals surface area contributed by atoms with E-state index in [2.05, 4.69) is 19.9 Å². The summed E-state index contributed by atoms with van der Waals surface area (Å²) in [4.78, 5) is 15.5. The Morgan fingerprint density at radius 1 is 0.765 bits per heavy atom. The Labute approximate surface area is 99.1 Å². The van der Waals surface area contributed by atoms with Gasteiger partial charge in [0.15, 0.2) is 0 Å². The summed E-state index contributed by atoms with van der Waals surface area (Å²) in [6.45, 7) is 0. The van der Waals surface area contributed by atoms with Gasteiger partial charge in [0.1, 0.15) is 0 Å². The fourth-order valence-electron chi connectivity index (χ4n) is 1.27. The number of para-hydroxylation sites is 2. The maximum atomic E-state index is 4.31. The van der Waals surface area contributed by atoms with E-state index in [4.69, 9.17) is 0 Å². The van der Waals surface area contributed by atoms with Gasteiger partial charge in [0, 0.05) is 37.2 Å². The van der Waals surface area contributed by atoms with Crippen LogP contribution in [0.5, 0.6) is 0 Å². The second kappa shape index (κ2) is 6.17. The molecule has 84 valence electrons. The molecule has 4 nitrogen and oxygen atoms in total. The molecular weight excluding hydrogens is 212 g/mol. The molecule has 0 saturated heterocycles. The fourth-order valence-corrected chi connectivity index (χ4v) is 1.27. The van der Waals surface area contributed by atoms with Crippen LogP contribution in [-0.2, 0) is 0 Å². The highest BCUT2D eigenvalue weighted by atomic mass is 14.7. The highest BCUT2D eigenvalue weighted by Gasteiger charge is 1.84. The average molecular weight is 224 g/mol. The molecule has 17 heavy (non-hydrogen) atoms. The lowest BCUT2D eigenvalue weighted by atomic mass is 10.3. The molecule has 1 N–H and O–H groups in total. The number of H-pyrrole nitrogens is 1. The maximum absolute atomic E-state index is 4.31. The van der Waals surface area contributed by atoms with Gasteiger partial charge < -0.3 is 4.98 Å². The first-order valence-corrected chi connectivity index (χ1v) is 5.21. The molecule has 0 aliphatic heterocycles. The molecule has 2 rings (SSSR count). The number of nitrogens with zero attached hydrogens (tertiary/aromatic N) is 3. The number of hydrogen-bond donors (Lipinski definition) is 1. The first-order chi connectivity index (χ1) is 8.47. The molecule has 0 amide bonds. The predicted octanol–water partition coefficient (Wildman–Crippen LogP) is 2.60. The van der Waals surface area contributed by atoms with E-state index in [1.807, 2.05) is 24.3 Å². The van der Waals surface area contributed by atoms with E-state index in [0.717, 1.165) is 11.0 Å². The third kappa shape index (κ3) is 3.53. The summed E-state index contributed by atoms with van der Waals surface area (Å²) in [5, 5.41) is 0. The summed E-state index contributed by atoms with van der Waals surface area (Å²) in [7, 11) is 0. The summed E-state index contributed by atoms with van der Waals surface area (Å²) < 4.78 is 0. The van der Waals surface area contributed by atoms with Crippen molar-refractivity contribution in [1.29, 1.82) is 0 Å². The second-order valence-electron chi connectivity index (χ2n) is 3.19. The second-order valence-corrected chi connectivity index (χ2v) is 3.19. The predicted molar refractivity (Wildman–Crippen MR) is 66.9 cm³/mol. The van der Waals surface area contributed by atoms with Crippen molar-refractivity contribution in [1.82, 2.24) is 19.9 Å². The summed E-state index contributed by atoms with van der Waals surface area (Å²) in [5.41, 5.74) is 1.78. The van der Waals surface area contributed by atoms with E-state index >= 15 is 0 Å². The first kappa shape index (κ1) is 11.0. The number of nitrogens with one attached hydrogen (secondary N) is 1. The summed E-state index contributed by atoms with van der Waals surface area (Å²) in [6, 6.07) is 9.52. The van der Waals surface area contributed by atoms with Crippen LogP contribution in [0.1, 0.15) is 0 Å². The zero-order valence-electron chi connectivity index (χ0n) is 9.19. The van der Waals surface area contributed by atoms with Crippen LogP contribution in [0.25, 0.3) is 11.0 Å². The van der Waals surface area contributed by atoms with Gasteiger partial charge in [0.2, 0.25) is 0 Å². The van der Waals surface area contributed by atoms with Crippen molar-refractivity contribution in [2.75, 3.05) is 0 Å². The Balaban J connectivity index is 2.67. The van der Waals surface area contributed by atoms with E-state index < -0.39 is 0 Å². The van der Waals surface area contributed by atoms with Crippen molar-refractivity contribution in [2.45, 2.75) is 0 Å². The van der Waals surface area contributed by atoms with Crippen LogP contribution >= 0.6 is 0 Å². The largest absolute Gasteiger partial charge is 0.358 e. The number of hydrogen-bond acceptors (Lipinski definition) is 3. The van der Waals surface area contributed by atoms with Crippen molar-refractivity contribution < 1.29 is 0 Å². The lowest BCUT2D eigenvalue weighted by Gasteiger charge is -1.89. The lowest BCUT2D eigenvalue weighted by molar-refractivity contribution is 1.28. The van der Waals surface area contributed by atoms with Crippen LogP contribution in [0.4, 0.5) is 0 Å². The van der Waals surface area contributed by atoms with Gasteiger partial charge in [-0.2, -0.15) is 0 Å². The molecule has 1 aromatic heterocycles. The fraction of sp³-hybridized carbons (Fsp3) is 0. The number of fused-ring (bicyclic) bond motifs is 1. The smallest absolute Gasteiger partial charge is 0.0864 e. The molecule has 0 aliphatic carbocycles. The Bertz CT molecular complexity index is 538. The van der Waals surface area contributed by atoms with Crippen LogP contribution in [0.15, 0.2) is 67.5 Å². The highest BCUT2D eigenvalue weighted by molar-refractivity contribution is 5.72. The molecular formula is C13H12N4. The van der Waals surface area contributed by atoms with E-state index in [0.29, 0.717) is 0 Å². The monoisotopic (exact) mass is 224 g/mol. The van der Waals surface area contributed by atoms with Crippen LogP contribution in [0.2, 0.25) is 0 Å². The van der Waals surface area contributed by atoms with Crippen molar-refractivity contribution >= 4 is 11.0 Å². The highest BCUT2D eigenvalue weighted by Crippen LogP contribution is 2.02. The van der Waals surface area contributed by atoms with E-state index in [-0.39, 0.29) is 0 Å². The minimum atomic E-state index is 0.857. The van der Waals surface area contributed by atoms with E-state index in [9.17, 15) is 0 Å². The van der Waals surface area contributed by atoms with Crippen molar-refractivity contribution in [3.05, 3.63) is 67.5 Å². The van der Waals surface area contributed by atoms with Gasteiger partial charge in [-0.15, -0.1) is 0 Å². The van der Waals surface area contributed by atoms with Crippen molar-refractivity contribution in [2.24, 2.45) is 0 Å². The van der Waals surface area contributed by atoms with Crippen molar-refractivity contribution in [3.63, 3.8) is 0 Å². The Morgan fingerprint density at radius 3 is 2.53 bits per heavy atom. The zero-order valence-corrected chi connectivity index (χ0v) is 9.19. The third-order valence-corrected chi connectivity index (χ3v) is 2.01. The van der Waals surface area contributed by atoms with Gasteiger partial charge in [0.05, 0.1) is 11.0 Å². The molecule has 0 aliphatic rings. The van der Waals surface area contributed by atoms with Crippen LogP contribution in [0, 0.1) is 0 Å². The maximum Gasteiger partial charge on any atom is 0.0864 e. The molecule has 0 unspecified atom stereocenters. The van der Waals surface area contributed by atoms with Crippen molar-refractivity contribution in [3.8, 4) is 0 Å². The molecule has 1 aromatic carbocycles. The van der Waals surface area contributed by atoms with Crippen LogP contribution < -0.4 is 0 Å². The Hall–Kier alpha value is -2.49. The Morgan fingerprint density at radius 2 is 1.59 bits per heavy atom. The minimum Gasteiger partial charge on any atom is -0.358 e. The van der Waals surface area contributed by atoms with Gasteiger partial charge in [-0.1, -0.05) is 12.1 Å². The topological polar surface area (TPSA) is 54.5 Å². The summed E-state index contributed by atoms with van der Waals surface area (Å²) in [5.74, 6) is 0. The Kier molecular flexibility index (Phi) is 4.00. The van der Waals surface area contributed by atoms with E-state index in [1.54, 1.807) is 43.2 Å². The molecule has 2 aromatic rings. The summed E-state index contributed by atoms with van der Waals surface area (Å²) in [6.07, 6.45) is 10.0. The van der Waals surface area contributed by atoms with Crippen LogP contribution in [0.3, 0.4) is 0 Å². The molecule has 1 heterocycles. The first-order valence-electron chi connectivity index (χ1n) is 5.21. The number of rotatable bonds is 0. The standard InChI is InChI=1S/C13H12N4/c1-2-5-13-12(4-1)16-10-8-14-6-3-7-15-9-11-17-13/h1-11,16H. The molecule has 4 heteroatoms. The van der Waals surface area contributed by atoms with E-state index in [1.165, 1.54) is 0 Å². The lowest BCUT2D eigenvalue weighted by Crippen LogP contribution is -1.74. The normalized spacial score (nSPS) is 9.18. The van der Waals surface area contributed by atoms with Gasteiger partial charge in [-0.25, -0.2) is 0 Å². The van der Waals surface area contributed by atoms with Gasteiger partial charge in [-0.3, -0.25) is 15.0 Å². The quantitative estimate of drug-likeness (QED) is 0.748. The number of benzene rings is 1. The molecule has 0 spiro atoms. The third-order valence-electron chi connectivity index (χ3n) is 2.01. The molecule has 0 fully saturated rings. The van der Waals surface area contributed by atoms with Crippen LogP contribution in [-0.4, -0.2) is 19.9 Å².